The third-order valence-electron chi connectivity index (χ3n) is 3.57. The Hall–Kier alpha value is -2.16. The van der Waals surface area contributed by atoms with E-state index in [9.17, 15) is 17.6 Å². The molecule has 0 heterocycles. The van der Waals surface area contributed by atoms with Crippen molar-refractivity contribution < 1.29 is 17.6 Å². The molecule has 0 saturated carbocycles. The van der Waals surface area contributed by atoms with Gasteiger partial charge in [0.25, 0.3) is 5.91 Å². The summed E-state index contributed by atoms with van der Waals surface area (Å²) in [4.78, 5) is 12.2. The number of sulfonamides is 1. The smallest absolute Gasteiger partial charge is 0.251 e. The largest absolute Gasteiger partial charge is 0.351 e. The van der Waals surface area contributed by atoms with Crippen LogP contribution in [0.3, 0.4) is 0 Å². The first-order chi connectivity index (χ1) is 12.9. The van der Waals surface area contributed by atoms with Crippen LogP contribution in [0.2, 0.25) is 0 Å². The van der Waals surface area contributed by atoms with Gasteiger partial charge in [-0.25, -0.2) is 17.5 Å². The summed E-state index contributed by atoms with van der Waals surface area (Å²) < 4.78 is 40.1. The van der Waals surface area contributed by atoms with Gasteiger partial charge in [-0.05, 0) is 29.8 Å². The van der Waals surface area contributed by atoms with E-state index in [-0.39, 0.29) is 28.7 Å². The lowest BCUT2D eigenvalue weighted by Crippen LogP contribution is -2.27. The Morgan fingerprint density at radius 2 is 1.96 bits per heavy atom. The summed E-state index contributed by atoms with van der Waals surface area (Å²) in [7, 11) is -3.68. The first-order valence-electron chi connectivity index (χ1n) is 8.24. The SMILES string of the molecule is C=CCNS(=O)(=O)c1cccc(C(=O)NCCSCc2ccccc2F)c1. The molecule has 0 aliphatic carbocycles. The number of halogens is 1. The summed E-state index contributed by atoms with van der Waals surface area (Å²) in [5.74, 6) is 0.531. The van der Waals surface area contributed by atoms with Crippen LogP contribution >= 0.6 is 11.8 Å². The topological polar surface area (TPSA) is 75.3 Å². The van der Waals surface area contributed by atoms with Crippen LogP contribution in [0.4, 0.5) is 4.39 Å². The van der Waals surface area contributed by atoms with Crippen molar-refractivity contribution >= 4 is 27.7 Å². The first kappa shape index (κ1) is 21.1. The van der Waals surface area contributed by atoms with E-state index in [1.807, 2.05) is 0 Å². The first-order valence-corrected chi connectivity index (χ1v) is 10.9. The van der Waals surface area contributed by atoms with Crippen molar-refractivity contribution in [3.63, 3.8) is 0 Å². The molecule has 0 radical (unpaired) electrons. The Kier molecular flexibility index (Phi) is 8.02. The fraction of sp³-hybridized carbons (Fsp3) is 0.211. The van der Waals surface area contributed by atoms with Crippen molar-refractivity contribution in [1.82, 2.24) is 10.0 Å². The molecule has 0 unspecified atom stereocenters. The van der Waals surface area contributed by atoms with Crippen molar-refractivity contribution in [2.45, 2.75) is 10.6 Å². The van der Waals surface area contributed by atoms with Crippen molar-refractivity contribution in [2.24, 2.45) is 0 Å². The lowest BCUT2D eigenvalue weighted by Gasteiger charge is -2.08. The second kappa shape index (κ2) is 10.2. The van der Waals surface area contributed by atoms with Crippen LogP contribution in [0.15, 0.2) is 66.1 Å². The molecular weight excluding hydrogens is 387 g/mol. The van der Waals surface area contributed by atoms with Gasteiger partial charge in [0, 0.05) is 30.2 Å². The molecule has 0 atom stereocenters. The second-order valence-corrected chi connectivity index (χ2v) is 8.44. The Morgan fingerprint density at radius 1 is 1.19 bits per heavy atom. The third-order valence-corrected chi connectivity index (χ3v) is 6.00. The van der Waals surface area contributed by atoms with Gasteiger partial charge < -0.3 is 5.32 Å². The molecule has 0 saturated heterocycles. The van der Waals surface area contributed by atoms with Crippen LogP contribution in [0.5, 0.6) is 0 Å². The summed E-state index contributed by atoms with van der Waals surface area (Å²) in [5.41, 5.74) is 0.884. The van der Waals surface area contributed by atoms with Gasteiger partial charge in [0.2, 0.25) is 10.0 Å². The maximum Gasteiger partial charge on any atom is 0.251 e. The Labute approximate surface area is 163 Å². The highest BCUT2D eigenvalue weighted by atomic mass is 32.2. The Balaban J connectivity index is 1.85. The average molecular weight is 409 g/mol. The number of thioether (sulfide) groups is 1. The Bertz CT molecular complexity index is 901. The van der Waals surface area contributed by atoms with Crippen LogP contribution in [0.25, 0.3) is 0 Å². The van der Waals surface area contributed by atoms with Gasteiger partial charge in [-0.15, -0.1) is 6.58 Å². The molecule has 27 heavy (non-hydrogen) atoms. The van der Waals surface area contributed by atoms with Crippen molar-refractivity contribution in [1.29, 1.82) is 0 Å². The molecule has 2 aromatic rings. The fourth-order valence-electron chi connectivity index (χ4n) is 2.19. The zero-order valence-electron chi connectivity index (χ0n) is 14.7. The van der Waals surface area contributed by atoms with Crippen LogP contribution < -0.4 is 10.0 Å². The zero-order chi connectivity index (χ0) is 19.7. The molecule has 1 amide bonds. The van der Waals surface area contributed by atoms with Crippen molar-refractivity contribution in [3.05, 3.63) is 78.1 Å². The second-order valence-electron chi connectivity index (χ2n) is 5.57. The molecule has 0 aliphatic heterocycles. The number of carbonyl (C=O) groups is 1. The molecule has 0 fully saturated rings. The maximum absolute atomic E-state index is 13.5. The molecule has 2 aromatic carbocycles. The molecule has 0 aromatic heterocycles. The number of hydrogen-bond donors (Lipinski definition) is 2. The highest BCUT2D eigenvalue weighted by Gasteiger charge is 2.15. The van der Waals surface area contributed by atoms with E-state index >= 15 is 0 Å². The minimum atomic E-state index is -3.68. The highest BCUT2D eigenvalue weighted by molar-refractivity contribution is 7.98. The minimum absolute atomic E-state index is 0.0194. The van der Waals surface area contributed by atoms with E-state index in [0.29, 0.717) is 23.6 Å². The molecule has 8 heteroatoms. The fourth-order valence-corrected chi connectivity index (χ4v) is 4.08. The van der Waals surface area contributed by atoms with Crippen molar-refractivity contribution in [2.75, 3.05) is 18.8 Å². The molecular formula is C19H21FN2O3S2. The molecule has 2 N–H and O–H groups in total. The van der Waals surface area contributed by atoms with Crippen molar-refractivity contribution in [3.8, 4) is 0 Å². The lowest BCUT2D eigenvalue weighted by atomic mass is 10.2. The third kappa shape index (κ3) is 6.50. The molecule has 0 spiro atoms. The van der Waals surface area contributed by atoms with Crippen LogP contribution in [0, 0.1) is 5.82 Å². The van der Waals surface area contributed by atoms with Gasteiger partial charge in [-0.3, -0.25) is 4.79 Å². The monoisotopic (exact) mass is 408 g/mol. The van der Waals surface area contributed by atoms with Crippen LogP contribution in [0.1, 0.15) is 15.9 Å². The molecule has 0 bridgehead atoms. The summed E-state index contributed by atoms with van der Waals surface area (Å²) in [6, 6.07) is 12.4. The summed E-state index contributed by atoms with van der Waals surface area (Å²) in [5, 5.41) is 2.74. The van der Waals surface area contributed by atoms with E-state index in [1.54, 1.807) is 24.3 Å². The van der Waals surface area contributed by atoms with E-state index in [0.717, 1.165) is 0 Å². The van der Waals surface area contributed by atoms with Gasteiger partial charge in [0.15, 0.2) is 0 Å². The maximum atomic E-state index is 13.5. The number of benzene rings is 2. The number of carbonyl (C=O) groups excluding carboxylic acids is 1. The van der Waals surface area contributed by atoms with Gasteiger partial charge in [0.05, 0.1) is 4.90 Å². The summed E-state index contributed by atoms with van der Waals surface area (Å²) in [6.07, 6.45) is 1.44. The quantitative estimate of drug-likeness (QED) is 0.468. The zero-order valence-corrected chi connectivity index (χ0v) is 16.3. The standard InChI is InChI=1S/C19H21FN2O3S2/c1-2-10-22-27(24,25)17-8-5-7-15(13-17)19(23)21-11-12-26-14-16-6-3-4-9-18(16)20/h2-9,13,22H,1,10-12,14H2,(H,21,23). The number of amides is 1. The van der Waals surface area contributed by atoms with Gasteiger partial charge in [-0.2, -0.15) is 11.8 Å². The normalized spacial score (nSPS) is 11.1. The predicted molar refractivity (Wildman–Crippen MR) is 107 cm³/mol. The number of rotatable bonds is 10. The Morgan fingerprint density at radius 3 is 2.70 bits per heavy atom. The van der Waals surface area contributed by atoms with E-state index in [4.69, 9.17) is 0 Å². The van der Waals surface area contributed by atoms with Crippen LogP contribution in [-0.4, -0.2) is 33.2 Å². The molecule has 144 valence electrons. The molecule has 5 nitrogen and oxygen atoms in total. The van der Waals surface area contributed by atoms with Gasteiger partial charge in [0.1, 0.15) is 5.82 Å². The van der Waals surface area contributed by atoms with E-state index in [2.05, 4.69) is 16.6 Å². The van der Waals surface area contributed by atoms with Gasteiger partial charge in [-0.1, -0.05) is 30.3 Å². The van der Waals surface area contributed by atoms with E-state index < -0.39 is 10.0 Å². The number of hydrogen-bond acceptors (Lipinski definition) is 4. The predicted octanol–water partition coefficient (Wildman–Crippen LogP) is 2.95. The highest BCUT2D eigenvalue weighted by Crippen LogP contribution is 2.15. The summed E-state index contributed by atoms with van der Waals surface area (Å²) >= 11 is 1.50. The summed E-state index contributed by atoms with van der Waals surface area (Å²) in [6.45, 7) is 3.96. The molecule has 0 aliphatic rings. The average Bonchev–Trinajstić information content (AvgIpc) is 2.67. The van der Waals surface area contributed by atoms with Crippen LogP contribution in [-0.2, 0) is 15.8 Å². The molecule has 2 rings (SSSR count). The van der Waals surface area contributed by atoms with Gasteiger partial charge >= 0.3 is 0 Å². The van der Waals surface area contributed by atoms with E-state index in [1.165, 1.54) is 42.1 Å². The lowest BCUT2D eigenvalue weighted by molar-refractivity contribution is 0.0956. The number of nitrogens with one attached hydrogen (secondary N) is 2. The minimum Gasteiger partial charge on any atom is -0.351 e.